The van der Waals surface area contributed by atoms with Gasteiger partial charge in [0.15, 0.2) is 5.82 Å². The predicted octanol–water partition coefficient (Wildman–Crippen LogP) is 4.19. The van der Waals surface area contributed by atoms with Crippen molar-refractivity contribution >= 4 is 29.0 Å². The highest BCUT2D eigenvalue weighted by molar-refractivity contribution is 6.31. The van der Waals surface area contributed by atoms with E-state index in [-0.39, 0.29) is 34.2 Å². The Kier molecular flexibility index (Phi) is 5.18. The smallest absolute Gasteiger partial charge is 0.273 e. The molecular formula is C18H14ClFN4O3. The van der Waals surface area contributed by atoms with Gasteiger partial charge in [0.2, 0.25) is 0 Å². The van der Waals surface area contributed by atoms with Crippen LogP contribution in [0.3, 0.4) is 0 Å². The molecule has 2 aromatic carbocycles. The number of nitro benzene ring substituents is 1. The summed E-state index contributed by atoms with van der Waals surface area (Å²) in [5.74, 6) is -0.751. The molecule has 27 heavy (non-hydrogen) atoms. The quantitative estimate of drug-likeness (QED) is 0.524. The van der Waals surface area contributed by atoms with E-state index in [1.54, 1.807) is 19.2 Å². The number of aryl methyl sites for hydroxylation is 1. The number of nitro groups is 1. The molecule has 1 heterocycles. The Bertz CT molecular complexity index is 1010. The number of hydrogen-bond donors (Lipinski definition) is 1. The van der Waals surface area contributed by atoms with E-state index in [1.807, 2.05) is 0 Å². The third-order valence-corrected chi connectivity index (χ3v) is 4.29. The summed E-state index contributed by atoms with van der Waals surface area (Å²) >= 11 is 6.00. The van der Waals surface area contributed by atoms with E-state index in [1.165, 1.54) is 41.1 Å². The number of nitrogens with zero attached hydrogens (tertiary/aromatic N) is 3. The molecular weight excluding hydrogens is 375 g/mol. The van der Waals surface area contributed by atoms with Crippen molar-refractivity contribution in [1.29, 1.82) is 0 Å². The van der Waals surface area contributed by atoms with Crippen LogP contribution in [-0.2, 0) is 6.54 Å². The Morgan fingerprint density at radius 1 is 1.33 bits per heavy atom. The minimum absolute atomic E-state index is 0.0946. The maximum absolute atomic E-state index is 13.9. The number of nitrogens with one attached hydrogen (secondary N) is 1. The average molecular weight is 389 g/mol. The summed E-state index contributed by atoms with van der Waals surface area (Å²) in [6.45, 7) is 1.69. The van der Waals surface area contributed by atoms with Crippen molar-refractivity contribution in [3.8, 4) is 0 Å². The van der Waals surface area contributed by atoms with Crippen LogP contribution in [-0.4, -0.2) is 20.6 Å². The highest BCUT2D eigenvalue weighted by Crippen LogP contribution is 2.21. The van der Waals surface area contributed by atoms with E-state index < -0.39 is 16.6 Å². The number of anilines is 1. The molecule has 0 radical (unpaired) electrons. The minimum atomic E-state index is -0.543. The molecule has 1 amide bonds. The van der Waals surface area contributed by atoms with Crippen molar-refractivity contribution in [1.82, 2.24) is 9.78 Å². The molecule has 0 aliphatic heterocycles. The van der Waals surface area contributed by atoms with Gasteiger partial charge in [-0.1, -0.05) is 23.7 Å². The third-order valence-electron chi connectivity index (χ3n) is 3.93. The molecule has 0 atom stereocenters. The highest BCUT2D eigenvalue weighted by Gasteiger charge is 2.16. The van der Waals surface area contributed by atoms with Gasteiger partial charge in [-0.2, -0.15) is 5.10 Å². The summed E-state index contributed by atoms with van der Waals surface area (Å²) in [5, 5.41) is 18.0. The number of halogens is 2. The molecule has 0 bridgehead atoms. The third kappa shape index (κ3) is 4.12. The SMILES string of the molecule is Cc1ccc(C(=O)Nc2ccn(Cc3c(F)cccc3Cl)n2)cc1[N+](=O)[O-]. The zero-order valence-corrected chi connectivity index (χ0v) is 14.9. The largest absolute Gasteiger partial charge is 0.305 e. The van der Waals surface area contributed by atoms with Crippen LogP contribution in [0, 0.1) is 22.9 Å². The van der Waals surface area contributed by atoms with Gasteiger partial charge in [-0.15, -0.1) is 0 Å². The van der Waals surface area contributed by atoms with Crippen LogP contribution in [0.2, 0.25) is 5.02 Å². The van der Waals surface area contributed by atoms with Gasteiger partial charge in [-0.25, -0.2) is 4.39 Å². The van der Waals surface area contributed by atoms with Crippen molar-refractivity contribution in [2.45, 2.75) is 13.5 Å². The van der Waals surface area contributed by atoms with Crippen molar-refractivity contribution in [3.05, 3.63) is 86.3 Å². The minimum Gasteiger partial charge on any atom is -0.305 e. The van der Waals surface area contributed by atoms with E-state index in [9.17, 15) is 19.3 Å². The maximum Gasteiger partial charge on any atom is 0.273 e. The first kappa shape index (κ1) is 18.5. The number of aromatic nitrogens is 2. The maximum atomic E-state index is 13.9. The van der Waals surface area contributed by atoms with Gasteiger partial charge in [0, 0.05) is 40.0 Å². The zero-order valence-electron chi connectivity index (χ0n) is 14.1. The Morgan fingerprint density at radius 3 is 2.81 bits per heavy atom. The molecule has 0 fully saturated rings. The van der Waals surface area contributed by atoms with E-state index in [2.05, 4.69) is 10.4 Å². The molecule has 0 saturated heterocycles. The van der Waals surface area contributed by atoms with Crippen molar-refractivity contribution in [2.75, 3.05) is 5.32 Å². The molecule has 0 aliphatic rings. The molecule has 3 rings (SSSR count). The van der Waals surface area contributed by atoms with Crippen LogP contribution in [0.1, 0.15) is 21.5 Å². The van der Waals surface area contributed by atoms with Crippen LogP contribution in [0.25, 0.3) is 0 Å². The monoisotopic (exact) mass is 388 g/mol. The van der Waals surface area contributed by atoms with Gasteiger partial charge < -0.3 is 5.32 Å². The molecule has 1 N–H and O–H groups in total. The molecule has 9 heteroatoms. The summed E-state index contributed by atoms with van der Waals surface area (Å²) in [5.41, 5.74) is 0.748. The normalized spacial score (nSPS) is 10.6. The van der Waals surface area contributed by atoms with Gasteiger partial charge in [-0.05, 0) is 25.1 Å². The summed E-state index contributed by atoms with van der Waals surface area (Å²) < 4.78 is 15.3. The second-order valence-electron chi connectivity index (χ2n) is 5.81. The standard InChI is InChI=1S/C18H14ClFN4O3/c1-11-5-6-12(9-16(11)24(26)27)18(25)21-17-7-8-23(22-17)10-13-14(19)3-2-4-15(13)20/h2-9H,10H2,1H3,(H,21,22,25). The molecule has 0 saturated carbocycles. The zero-order chi connectivity index (χ0) is 19.6. The van der Waals surface area contributed by atoms with Crippen LogP contribution >= 0.6 is 11.6 Å². The molecule has 138 valence electrons. The Labute approximate surface area is 158 Å². The number of benzene rings is 2. The summed E-state index contributed by atoms with van der Waals surface area (Å²) in [7, 11) is 0. The van der Waals surface area contributed by atoms with E-state index in [4.69, 9.17) is 11.6 Å². The predicted molar refractivity (Wildman–Crippen MR) is 98.5 cm³/mol. The second-order valence-corrected chi connectivity index (χ2v) is 6.22. The lowest BCUT2D eigenvalue weighted by atomic mass is 10.1. The lowest BCUT2D eigenvalue weighted by Crippen LogP contribution is -2.13. The van der Waals surface area contributed by atoms with Crippen molar-refractivity contribution in [2.24, 2.45) is 0 Å². The summed E-state index contributed by atoms with van der Waals surface area (Å²) in [4.78, 5) is 22.8. The van der Waals surface area contributed by atoms with Crippen molar-refractivity contribution < 1.29 is 14.1 Å². The van der Waals surface area contributed by atoms with E-state index in [0.717, 1.165) is 0 Å². The first-order valence-corrected chi connectivity index (χ1v) is 8.25. The van der Waals surface area contributed by atoms with Crippen LogP contribution in [0.5, 0.6) is 0 Å². The fraction of sp³-hybridized carbons (Fsp3) is 0.111. The van der Waals surface area contributed by atoms with Gasteiger partial charge in [-0.3, -0.25) is 19.6 Å². The molecule has 7 nitrogen and oxygen atoms in total. The Hall–Kier alpha value is -3.26. The molecule has 1 aromatic heterocycles. The van der Waals surface area contributed by atoms with Gasteiger partial charge in [0.1, 0.15) is 5.82 Å². The average Bonchev–Trinajstić information content (AvgIpc) is 3.05. The molecule has 3 aromatic rings. The first-order chi connectivity index (χ1) is 12.8. The number of carbonyl (C=O) groups is 1. The van der Waals surface area contributed by atoms with Crippen LogP contribution < -0.4 is 5.32 Å². The van der Waals surface area contributed by atoms with E-state index in [0.29, 0.717) is 5.56 Å². The first-order valence-electron chi connectivity index (χ1n) is 7.88. The number of hydrogen-bond acceptors (Lipinski definition) is 4. The lowest BCUT2D eigenvalue weighted by molar-refractivity contribution is -0.385. The fourth-order valence-corrected chi connectivity index (χ4v) is 2.72. The van der Waals surface area contributed by atoms with Crippen LogP contribution in [0.4, 0.5) is 15.9 Å². The van der Waals surface area contributed by atoms with Gasteiger partial charge in [0.05, 0.1) is 11.5 Å². The Balaban J connectivity index is 1.75. The van der Waals surface area contributed by atoms with Crippen molar-refractivity contribution in [3.63, 3.8) is 0 Å². The van der Waals surface area contributed by atoms with Gasteiger partial charge >= 0.3 is 0 Å². The van der Waals surface area contributed by atoms with Gasteiger partial charge in [0.25, 0.3) is 11.6 Å². The molecule has 0 unspecified atom stereocenters. The number of carbonyl (C=O) groups excluding carboxylic acids is 1. The molecule has 0 aliphatic carbocycles. The summed E-state index contributed by atoms with van der Waals surface area (Å²) in [6.07, 6.45) is 1.57. The topological polar surface area (TPSA) is 90.1 Å². The fourth-order valence-electron chi connectivity index (χ4n) is 2.50. The number of amides is 1. The number of rotatable bonds is 5. The lowest BCUT2D eigenvalue weighted by Gasteiger charge is -2.06. The van der Waals surface area contributed by atoms with E-state index >= 15 is 0 Å². The highest BCUT2D eigenvalue weighted by atomic mass is 35.5. The summed E-state index contributed by atoms with van der Waals surface area (Å²) in [6, 6.07) is 10.1. The molecule has 0 spiro atoms. The van der Waals surface area contributed by atoms with Crippen LogP contribution in [0.15, 0.2) is 48.7 Å². The Morgan fingerprint density at radius 2 is 2.11 bits per heavy atom. The second kappa shape index (κ2) is 7.55.